The maximum atomic E-state index is 13.2. The number of carbonyl (C=O) groups excluding carboxylic acids is 2. The SMILES string of the molecule is COC(=O)C1=C(C)NC(C)=C(C(=O)OCCOc2ccc(CCO)cc2)C1c1cccc([N+](=O)[O-])c1. The van der Waals surface area contributed by atoms with Gasteiger partial charge in [0.2, 0.25) is 0 Å². The van der Waals surface area contributed by atoms with Crippen LogP contribution in [0.5, 0.6) is 5.75 Å². The minimum atomic E-state index is -0.925. The molecule has 0 aliphatic carbocycles. The number of hydrogen-bond donors (Lipinski definition) is 2. The molecule has 0 fully saturated rings. The number of esters is 2. The third kappa shape index (κ3) is 6.08. The number of aliphatic hydroxyl groups is 1. The summed E-state index contributed by atoms with van der Waals surface area (Å²) in [6, 6.07) is 13.0. The second-order valence-electron chi connectivity index (χ2n) is 8.08. The Balaban J connectivity index is 1.80. The van der Waals surface area contributed by atoms with Gasteiger partial charge >= 0.3 is 11.9 Å². The Bertz CT molecular complexity index is 1200. The average molecular weight is 497 g/mol. The number of ether oxygens (including phenoxy) is 3. The van der Waals surface area contributed by atoms with Crippen LogP contribution in [0, 0.1) is 10.1 Å². The number of allylic oxidation sites excluding steroid dienone is 2. The molecule has 0 aromatic heterocycles. The van der Waals surface area contributed by atoms with Crippen LogP contribution in [0.2, 0.25) is 0 Å². The number of nitro benzene ring substituents is 1. The summed E-state index contributed by atoms with van der Waals surface area (Å²) in [4.78, 5) is 36.7. The van der Waals surface area contributed by atoms with Gasteiger partial charge < -0.3 is 24.6 Å². The van der Waals surface area contributed by atoms with E-state index >= 15 is 0 Å². The van der Waals surface area contributed by atoms with Crippen LogP contribution in [0.4, 0.5) is 5.69 Å². The molecule has 2 aromatic rings. The Morgan fingerprint density at radius 2 is 1.69 bits per heavy atom. The summed E-state index contributed by atoms with van der Waals surface area (Å²) < 4.78 is 16.0. The van der Waals surface area contributed by atoms with Crippen molar-refractivity contribution in [2.24, 2.45) is 0 Å². The maximum absolute atomic E-state index is 13.2. The average Bonchev–Trinajstić information content (AvgIpc) is 2.86. The quantitative estimate of drug-likeness (QED) is 0.220. The van der Waals surface area contributed by atoms with Crippen LogP contribution in [0.1, 0.15) is 30.9 Å². The van der Waals surface area contributed by atoms with Crippen molar-refractivity contribution in [1.29, 1.82) is 0 Å². The Morgan fingerprint density at radius 3 is 2.31 bits per heavy atom. The summed E-state index contributed by atoms with van der Waals surface area (Å²) in [5.74, 6) is -1.69. The smallest absolute Gasteiger partial charge is 0.336 e. The van der Waals surface area contributed by atoms with Crippen molar-refractivity contribution in [3.8, 4) is 5.75 Å². The van der Waals surface area contributed by atoms with Crippen molar-refractivity contribution >= 4 is 17.6 Å². The Hall–Kier alpha value is -4.18. The molecule has 1 aliphatic rings. The second-order valence-corrected chi connectivity index (χ2v) is 8.08. The molecule has 190 valence electrons. The monoisotopic (exact) mass is 496 g/mol. The number of nitro groups is 1. The standard InChI is InChI=1S/C26H28N2O8/c1-16-22(25(30)34-3)24(19-5-4-6-20(15-19)28(32)33)23(17(2)27-16)26(31)36-14-13-35-21-9-7-18(8-10-21)11-12-29/h4-10,15,24,27,29H,11-14H2,1-3H3. The van der Waals surface area contributed by atoms with Crippen molar-refractivity contribution in [2.75, 3.05) is 26.9 Å². The molecule has 1 unspecified atom stereocenters. The zero-order valence-corrected chi connectivity index (χ0v) is 20.3. The van der Waals surface area contributed by atoms with E-state index in [0.29, 0.717) is 29.1 Å². The number of non-ortho nitro benzene ring substituents is 1. The fourth-order valence-electron chi connectivity index (χ4n) is 4.05. The molecular weight excluding hydrogens is 468 g/mol. The molecule has 0 spiro atoms. The second kappa shape index (κ2) is 12.0. The predicted octanol–water partition coefficient (Wildman–Crippen LogP) is 3.16. The molecule has 0 radical (unpaired) electrons. The number of rotatable bonds is 10. The van der Waals surface area contributed by atoms with E-state index in [1.165, 1.54) is 25.3 Å². The molecule has 1 aliphatic heterocycles. The molecule has 1 atom stereocenters. The van der Waals surface area contributed by atoms with Gasteiger partial charge in [0.25, 0.3) is 5.69 Å². The van der Waals surface area contributed by atoms with Gasteiger partial charge in [-0.25, -0.2) is 9.59 Å². The van der Waals surface area contributed by atoms with Crippen LogP contribution in [0.25, 0.3) is 0 Å². The predicted molar refractivity (Wildman–Crippen MR) is 130 cm³/mol. The summed E-state index contributed by atoms with van der Waals surface area (Å²) >= 11 is 0. The van der Waals surface area contributed by atoms with Gasteiger partial charge in [-0.2, -0.15) is 0 Å². The fourth-order valence-corrected chi connectivity index (χ4v) is 4.05. The van der Waals surface area contributed by atoms with Gasteiger partial charge in [-0.05, 0) is 43.5 Å². The van der Waals surface area contributed by atoms with Gasteiger partial charge in [-0.1, -0.05) is 24.3 Å². The molecule has 3 rings (SSSR count). The lowest BCUT2D eigenvalue weighted by Crippen LogP contribution is -2.32. The number of aliphatic hydroxyl groups excluding tert-OH is 1. The number of dihydropyridines is 1. The molecule has 10 heteroatoms. The minimum Gasteiger partial charge on any atom is -0.490 e. The van der Waals surface area contributed by atoms with Crippen LogP contribution in [0.15, 0.2) is 71.1 Å². The first-order valence-corrected chi connectivity index (χ1v) is 11.3. The van der Waals surface area contributed by atoms with Crippen molar-refractivity contribution in [3.05, 3.63) is 92.3 Å². The summed E-state index contributed by atoms with van der Waals surface area (Å²) in [7, 11) is 1.23. The van der Waals surface area contributed by atoms with E-state index in [0.717, 1.165) is 5.56 Å². The van der Waals surface area contributed by atoms with Crippen molar-refractivity contribution in [2.45, 2.75) is 26.2 Å². The molecule has 2 N–H and O–H groups in total. The summed E-state index contributed by atoms with van der Waals surface area (Å²) in [5.41, 5.74) is 2.43. The van der Waals surface area contributed by atoms with Gasteiger partial charge in [-0.15, -0.1) is 0 Å². The van der Waals surface area contributed by atoms with Crippen LogP contribution in [0.3, 0.4) is 0 Å². The lowest BCUT2D eigenvalue weighted by Gasteiger charge is -2.30. The molecule has 1 heterocycles. The lowest BCUT2D eigenvalue weighted by molar-refractivity contribution is -0.384. The highest BCUT2D eigenvalue weighted by molar-refractivity contribution is 5.99. The third-order valence-electron chi connectivity index (χ3n) is 5.71. The van der Waals surface area contributed by atoms with E-state index in [1.807, 2.05) is 12.1 Å². The molecule has 0 amide bonds. The largest absolute Gasteiger partial charge is 0.490 e. The number of methoxy groups -OCH3 is 1. The highest BCUT2D eigenvalue weighted by atomic mass is 16.6. The van der Waals surface area contributed by atoms with Crippen LogP contribution < -0.4 is 10.1 Å². The molecular formula is C26H28N2O8. The van der Waals surface area contributed by atoms with E-state index in [2.05, 4.69) is 5.32 Å². The number of nitrogens with zero attached hydrogens (tertiary/aromatic N) is 1. The van der Waals surface area contributed by atoms with Crippen LogP contribution >= 0.6 is 0 Å². The first-order chi connectivity index (χ1) is 17.3. The van der Waals surface area contributed by atoms with E-state index in [4.69, 9.17) is 19.3 Å². The number of nitrogens with one attached hydrogen (secondary N) is 1. The fraction of sp³-hybridized carbons (Fsp3) is 0.308. The van der Waals surface area contributed by atoms with Crippen molar-refractivity contribution in [3.63, 3.8) is 0 Å². The summed E-state index contributed by atoms with van der Waals surface area (Å²) in [6.45, 7) is 3.42. The molecule has 0 saturated carbocycles. The third-order valence-corrected chi connectivity index (χ3v) is 5.71. The Kier molecular flexibility index (Phi) is 8.80. The van der Waals surface area contributed by atoms with E-state index in [1.54, 1.807) is 32.0 Å². The topological polar surface area (TPSA) is 137 Å². The Morgan fingerprint density at radius 1 is 1.03 bits per heavy atom. The summed E-state index contributed by atoms with van der Waals surface area (Å²) in [5, 5.41) is 23.4. The number of carbonyl (C=O) groups is 2. The summed E-state index contributed by atoms with van der Waals surface area (Å²) in [6.07, 6.45) is 0.549. The van der Waals surface area contributed by atoms with Gasteiger partial charge in [0.15, 0.2) is 0 Å². The molecule has 0 bridgehead atoms. The minimum absolute atomic E-state index is 0.0595. The number of benzene rings is 2. The first-order valence-electron chi connectivity index (χ1n) is 11.3. The van der Waals surface area contributed by atoms with Gasteiger partial charge in [-0.3, -0.25) is 10.1 Å². The molecule has 0 saturated heterocycles. The van der Waals surface area contributed by atoms with Crippen molar-refractivity contribution in [1.82, 2.24) is 5.32 Å². The molecule has 36 heavy (non-hydrogen) atoms. The first kappa shape index (κ1) is 26.4. The van der Waals surface area contributed by atoms with Crippen molar-refractivity contribution < 1.29 is 33.8 Å². The van der Waals surface area contributed by atoms with E-state index < -0.39 is 22.8 Å². The maximum Gasteiger partial charge on any atom is 0.336 e. The van der Waals surface area contributed by atoms with E-state index in [9.17, 15) is 19.7 Å². The van der Waals surface area contributed by atoms with Gasteiger partial charge in [0.1, 0.15) is 19.0 Å². The normalized spacial score (nSPS) is 15.3. The van der Waals surface area contributed by atoms with E-state index in [-0.39, 0.29) is 36.7 Å². The lowest BCUT2D eigenvalue weighted by atomic mass is 9.80. The van der Waals surface area contributed by atoms with Crippen LogP contribution in [-0.4, -0.2) is 48.9 Å². The molecule has 10 nitrogen and oxygen atoms in total. The van der Waals surface area contributed by atoms with Crippen LogP contribution in [-0.2, 0) is 25.5 Å². The zero-order chi connectivity index (χ0) is 26.2. The molecule has 2 aromatic carbocycles. The van der Waals surface area contributed by atoms with Gasteiger partial charge in [0.05, 0.1) is 29.1 Å². The zero-order valence-electron chi connectivity index (χ0n) is 20.3. The Labute approximate surface area is 208 Å². The van der Waals surface area contributed by atoms with Gasteiger partial charge in [0, 0.05) is 30.1 Å². The highest BCUT2D eigenvalue weighted by Gasteiger charge is 2.38. The highest BCUT2D eigenvalue weighted by Crippen LogP contribution is 2.40. The number of hydrogen-bond acceptors (Lipinski definition) is 9.